The molecule has 0 aliphatic heterocycles. The molecule has 2 heterocycles. The molecule has 0 saturated carbocycles. The molecule has 5 nitrogen and oxygen atoms in total. The molecule has 0 atom stereocenters. The van der Waals surface area contributed by atoms with E-state index in [1.807, 2.05) is 6.07 Å². The van der Waals surface area contributed by atoms with Gasteiger partial charge in [0, 0.05) is 16.2 Å². The van der Waals surface area contributed by atoms with Gasteiger partial charge in [0.1, 0.15) is 0 Å². The summed E-state index contributed by atoms with van der Waals surface area (Å²) in [4.78, 5) is 11.1. The minimum Gasteiger partial charge on any atom is -0.478 e. The zero-order valence-corrected chi connectivity index (χ0v) is 13.3. The number of carbonyl (C=O) groups is 1. The minimum atomic E-state index is -1.08. The van der Waals surface area contributed by atoms with Gasteiger partial charge >= 0.3 is 5.97 Å². The molecular formula is C13H6BrCl2N3O2. The van der Waals surface area contributed by atoms with Crippen molar-refractivity contribution in [3.05, 3.63) is 50.5 Å². The quantitative estimate of drug-likeness (QED) is 0.717. The first-order valence-corrected chi connectivity index (χ1v) is 7.25. The van der Waals surface area contributed by atoms with Crippen LogP contribution in [-0.4, -0.2) is 25.7 Å². The van der Waals surface area contributed by atoms with Crippen LogP contribution < -0.4 is 0 Å². The molecule has 0 aliphatic rings. The molecular weight excluding hydrogens is 381 g/mol. The van der Waals surface area contributed by atoms with Crippen molar-refractivity contribution in [2.45, 2.75) is 0 Å². The van der Waals surface area contributed by atoms with Gasteiger partial charge in [0.05, 0.1) is 15.6 Å². The first-order chi connectivity index (χ1) is 9.97. The van der Waals surface area contributed by atoms with Crippen molar-refractivity contribution >= 4 is 50.7 Å². The molecule has 1 N–H and O–H groups in total. The molecule has 0 spiro atoms. The number of halogens is 3. The molecule has 1 aromatic carbocycles. The number of hydrogen-bond donors (Lipinski definition) is 1. The van der Waals surface area contributed by atoms with Crippen molar-refractivity contribution in [2.24, 2.45) is 0 Å². The van der Waals surface area contributed by atoms with Crippen LogP contribution in [0.25, 0.3) is 17.0 Å². The lowest BCUT2D eigenvalue weighted by Gasteiger charge is -2.05. The fourth-order valence-electron chi connectivity index (χ4n) is 1.93. The van der Waals surface area contributed by atoms with Gasteiger partial charge in [0.2, 0.25) is 0 Å². The second kappa shape index (κ2) is 5.29. The number of nitrogens with zero attached hydrogens (tertiary/aromatic N) is 3. The van der Waals surface area contributed by atoms with Crippen LogP contribution >= 0.6 is 39.1 Å². The Labute approximate surface area is 137 Å². The highest BCUT2D eigenvalue weighted by molar-refractivity contribution is 9.10. The van der Waals surface area contributed by atoms with E-state index >= 15 is 0 Å². The predicted molar refractivity (Wildman–Crippen MR) is 83.1 cm³/mol. The molecule has 0 bridgehead atoms. The first-order valence-electron chi connectivity index (χ1n) is 5.70. The monoisotopic (exact) mass is 385 g/mol. The number of aromatic carboxylic acids is 1. The summed E-state index contributed by atoms with van der Waals surface area (Å²) in [7, 11) is 0. The van der Waals surface area contributed by atoms with Gasteiger partial charge < -0.3 is 5.11 Å². The number of rotatable bonds is 2. The maximum absolute atomic E-state index is 11.1. The summed E-state index contributed by atoms with van der Waals surface area (Å²) in [5.41, 5.74) is 1.04. The van der Waals surface area contributed by atoms with Crippen molar-refractivity contribution < 1.29 is 9.90 Å². The fraction of sp³-hybridized carbons (Fsp3) is 0. The molecule has 3 aromatic rings. The Hall–Kier alpha value is -1.63. The van der Waals surface area contributed by atoms with Gasteiger partial charge in [0.25, 0.3) is 0 Å². The summed E-state index contributed by atoms with van der Waals surface area (Å²) in [5.74, 6) is -0.659. The Bertz CT molecular complexity index is 879. The maximum Gasteiger partial charge on any atom is 0.337 e. The van der Waals surface area contributed by atoms with Gasteiger partial charge in [-0.05, 0) is 24.3 Å². The van der Waals surface area contributed by atoms with Crippen molar-refractivity contribution in [3.63, 3.8) is 0 Å². The maximum atomic E-state index is 11.1. The van der Waals surface area contributed by atoms with Gasteiger partial charge in [-0.1, -0.05) is 39.1 Å². The number of benzene rings is 1. The molecule has 0 saturated heterocycles. The summed E-state index contributed by atoms with van der Waals surface area (Å²) in [6, 6.07) is 6.64. The predicted octanol–water partition coefficient (Wildman–Crippen LogP) is 4.16. The third kappa shape index (κ3) is 2.50. The Morgan fingerprint density at radius 1 is 1.19 bits per heavy atom. The van der Waals surface area contributed by atoms with Crippen LogP contribution in [0, 0.1) is 0 Å². The van der Waals surface area contributed by atoms with Crippen LogP contribution in [0.1, 0.15) is 10.4 Å². The number of carboxylic acids is 1. The van der Waals surface area contributed by atoms with Gasteiger partial charge in [-0.25, -0.2) is 4.79 Å². The van der Waals surface area contributed by atoms with Crippen LogP contribution in [0.4, 0.5) is 0 Å². The molecule has 21 heavy (non-hydrogen) atoms. The highest BCUT2D eigenvalue weighted by Crippen LogP contribution is 2.31. The molecule has 2 aromatic heterocycles. The molecule has 3 rings (SSSR count). The average molecular weight is 387 g/mol. The average Bonchev–Trinajstić information content (AvgIpc) is 2.83. The number of aromatic nitrogens is 3. The van der Waals surface area contributed by atoms with E-state index in [1.165, 1.54) is 16.7 Å². The summed E-state index contributed by atoms with van der Waals surface area (Å²) >= 11 is 15.6. The highest BCUT2D eigenvalue weighted by Gasteiger charge is 2.16. The van der Waals surface area contributed by atoms with Crippen LogP contribution in [0.15, 0.2) is 34.9 Å². The molecule has 106 valence electrons. The lowest BCUT2D eigenvalue weighted by Crippen LogP contribution is -2.00. The molecule has 0 amide bonds. The van der Waals surface area contributed by atoms with Gasteiger partial charge in [-0.3, -0.25) is 4.40 Å². The number of carboxylic acid groups (broad SMARTS) is 1. The Kier molecular flexibility index (Phi) is 3.61. The zero-order valence-electron chi connectivity index (χ0n) is 10.2. The van der Waals surface area contributed by atoms with Crippen LogP contribution in [0.3, 0.4) is 0 Å². The summed E-state index contributed by atoms with van der Waals surface area (Å²) in [5, 5.41) is 17.8. The van der Waals surface area contributed by atoms with Crippen LogP contribution in [-0.2, 0) is 0 Å². The topological polar surface area (TPSA) is 67.5 Å². The Morgan fingerprint density at radius 2 is 1.95 bits per heavy atom. The van der Waals surface area contributed by atoms with E-state index in [-0.39, 0.29) is 10.6 Å². The largest absolute Gasteiger partial charge is 0.478 e. The fourth-order valence-corrected chi connectivity index (χ4v) is 2.93. The molecule has 0 unspecified atom stereocenters. The second-order valence-electron chi connectivity index (χ2n) is 4.22. The lowest BCUT2D eigenvalue weighted by atomic mass is 10.2. The smallest absolute Gasteiger partial charge is 0.337 e. The van der Waals surface area contributed by atoms with E-state index in [1.54, 1.807) is 12.1 Å². The van der Waals surface area contributed by atoms with Gasteiger partial charge in [-0.15, -0.1) is 10.2 Å². The third-order valence-corrected chi connectivity index (χ3v) is 3.96. The van der Waals surface area contributed by atoms with E-state index in [2.05, 4.69) is 26.1 Å². The number of hydrogen-bond acceptors (Lipinski definition) is 3. The van der Waals surface area contributed by atoms with Gasteiger partial charge in [0.15, 0.2) is 11.5 Å². The van der Waals surface area contributed by atoms with Crippen LogP contribution in [0.2, 0.25) is 10.0 Å². The number of fused-ring (bicyclic) bond motifs is 1. The second-order valence-corrected chi connectivity index (χ2v) is 5.95. The standard InChI is InChI=1S/C13H6BrCl2N3O2/c14-7-1-2-8(9(15)4-7)11-17-18-12-10(16)3-6(13(20)21)5-19(11)12/h1-5H,(H,20,21). The van der Waals surface area contributed by atoms with Crippen LogP contribution in [0.5, 0.6) is 0 Å². The molecule has 8 heteroatoms. The van der Waals surface area contributed by atoms with E-state index in [9.17, 15) is 4.79 Å². The van der Waals surface area contributed by atoms with E-state index in [0.29, 0.717) is 22.1 Å². The molecule has 0 aliphatic carbocycles. The van der Waals surface area contributed by atoms with E-state index in [4.69, 9.17) is 28.3 Å². The normalized spacial score (nSPS) is 11.0. The van der Waals surface area contributed by atoms with Crippen molar-refractivity contribution in [1.82, 2.24) is 14.6 Å². The summed E-state index contributed by atoms with van der Waals surface area (Å²) < 4.78 is 2.34. The minimum absolute atomic E-state index is 0.0433. The Morgan fingerprint density at radius 3 is 2.62 bits per heavy atom. The van der Waals surface area contributed by atoms with Crippen molar-refractivity contribution in [1.29, 1.82) is 0 Å². The van der Waals surface area contributed by atoms with Crippen molar-refractivity contribution in [3.8, 4) is 11.4 Å². The highest BCUT2D eigenvalue weighted by atomic mass is 79.9. The molecule has 0 fully saturated rings. The van der Waals surface area contributed by atoms with Gasteiger partial charge in [-0.2, -0.15) is 0 Å². The van der Waals surface area contributed by atoms with E-state index in [0.717, 1.165) is 4.47 Å². The SMILES string of the molecule is O=C(O)c1cc(Cl)c2nnc(-c3ccc(Br)cc3Cl)n2c1. The van der Waals surface area contributed by atoms with E-state index < -0.39 is 5.97 Å². The number of pyridine rings is 1. The van der Waals surface area contributed by atoms with Crippen molar-refractivity contribution in [2.75, 3.05) is 0 Å². The zero-order chi connectivity index (χ0) is 15.1. The first kappa shape index (κ1) is 14.3. The lowest BCUT2D eigenvalue weighted by molar-refractivity contribution is 0.0696. The molecule has 0 radical (unpaired) electrons. The summed E-state index contributed by atoms with van der Waals surface area (Å²) in [6.45, 7) is 0. The summed E-state index contributed by atoms with van der Waals surface area (Å²) in [6.07, 6.45) is 1.41. The third-order valence-electron chi connectivity index (χ3n) is 2.88. The Balaban J connectivity index is 2.30.